The van der Waals surface area contributed by atoms with Crippen molar-refractivity contribution in [3.8, 4) is 0 Å². The second-order valence-electron chi connectivity index (χ2n) is 6.23. The van der Waals surface area contributed by atoms with Crippen LogP contribution in [-0.2, 0) is 9.53 Å². The summed E-state index contributed by atoms with van der Waals surface area (Å²) in [5, 5.41) is 5.61. The fourth-order valence-corrected chi connectivity index (χ4v) is 2.11. The summed E-state index contributed by atoms with van der Waals surface area (Å²) in [7, 11) is 1.34. The van der Waals surface area contributed by atoms with Crippen LogP contribution in [0.5, 0.6) is 0 Å². The molecule has 3 atom stereocenters. The number of urea groups is 1. The van der Waals surface area contributed by atoms with E-state index in [-0.39, 0.29) is 18.0 Å². The Balaban J connectivity index is 4.27. The molecule has 0 spiro atoms. The molecule has 0 aliphatic carbocycles. The Labute approximate surface area is 129 Å². The topological polar surface area (TPSA) is 67.4 Å². The summed E-state index contributed by atoms with van der Waals surface area (Å²) >= 11 is 0. The first-order chi connectivity index (χ1) is 9.81. The number of carbonyl (C=O) groups is 2. The molecular formula is C16H32N2O3. The minimum atomic E-state index is -0.595. The van der Waals surface area contributed by atoms with Crippen LogP contribution in [0, 0.1) is 11.8 Å². The highest BCUT2D eigenvalue weighted by molar-refractivity contribution is 5.83. The largest absolute Gasteiger partial charge is 0.467 e. The van der Waals surface area contributed by atoms with Crippen molar-refractivity contribution in [1.29, 1.82) is 0 Å². The summed E-state index contributed by atoms with van der Waals surface area (Å²) in [4.78, 5) is 23.7. The SMILES string of the molecule is CC[C@H](C)[C@H](NC(=O)N[C@@H](C)CCCC(C)C)C(=O)OC. The van der Waals surface area contributed by atoms with E-state index in [1.807, 2.05) is 20.8 Å². The van der Waals surface area contributed by atoms with Gasteiger partial charge < -0.3 is 15.4 Å². The molecule has 2 N–H and O–H groups in total. The third-order valence-corrected chi connectivity index (χ3v) is 3.75. The number of ether oxygens (including phenoxy) is 1. The van der Waals surface area contributed by atoms with Gasteiger partial charge in [-0.05, 0) is 25.2 Å². The highest BCUT2D eigenvalue weighted by atomic mass is 16.5. The molecule has 0 fully saturated rings. The number of nitrogens with one attached hydrogen (secondary N) is 2. The summed E-state index contributed by atoms with van der Waals surface area (Å²) in [6.07, 6.45) is 3.98. The second-order valence-corrected chi connectivity index (χ2v) is 6.23. The molecule has 0 aromatic carbocycles. The number of rotatable bonds is 9. The summed E-state index contributed by atoms with van der Waals surface area (Å²) in [6, 6.07) is -0.801. The van der Waals surface area contributed by atoms with Crippen LogP contribution in [-0.4, -0.2) is 31.2 Å². The van der Waals surface area contributed by atoms with Crippen molar-refractivity contribution in [2.45, 2.75) is 72.4 Å². The van der Waals surface area contributed by atoms with E-state index >= 15 is 0 Å². The van der Waals surface area contributed by atoms with Crippen molar-refractivity contribution in [2.24, 2.45) is 11.8 Å². The molecule has 2 amide bonds. The molecule has 0 rings (SSSR count). The maximum absolute atomic E-state index is 12.0. The molecule has 124 valence electrons. The maximum atomic E-state index is 12.0. The van der Waals surface area contributed by atoms with Crippen LogP contribution >= 0.6 is 0 Å². The van der Waals surface area contributed by atoms with Gasteiger partial charge in [0.15, 0.2) is 0 Å². The lowest BCUT2D eigenvalue weighted by Gasteiger charge is -2.23. The average Bonchev–Trinajstić information content (AvgIpc) is 2.42. The number of esters is 1. The number of methoxy groups -OCH3 is 1. The Morgan fingerprint density at radius 3 is 2.14 bits per heavy atom. The van der Waals surface area contributed by atoms with Gasteiger partial charge in [-0.15, -0.1) is 0 Å². The standard InChI is InChI=1S/C16H32N2O3/c1-7-12(4)14(15(19)21-6)18-16(20)17-13(5)10-8-9-11(2)3/h11-14H,7-10H2,1-6H3,(H2,17,18,20)/t12-,13-,14-/m0/s1. The lowest BCUT2D eigenvalue weighted by molar-refractivity contribution is -0.144. The van der Waals surface area contributed by atoms with Crippen LogP contribution in [0.1, 0.15) is 60.3 Å². The Hall–Kier alpha value is -1.26. The van der Waals surface area contributed by atoms with Crippen LogP contribution in [0.25, 0.3) is 0 Å². The van der Waals surface area contributed by atoms with Crippen molar-refractivity contribution < 1.29 is 14.3 Å². The molecule has 0 aliphatic rings. The van der Waals surface area contributed by atoms with Crippen LogP contribution < -0.4 is 10.6 Å². The predicted octanol–water partition coefficient (Wildman–Crippen LogP) is 3.09. The smallest absolute Gasteiger partial charge is 0.328 e. The minimum Gasteiger partial charge on any atom is -0.467 e. The average molecular weight is 300 g/mol. The van der Waals surface area contributed by atoms with Gasteiger partial charge in [-0.3, -0.25) is 0 Å². The van der Waals surface area contributed by atoms with Gasteiger partial charge in [-0.2, -0.15) is 0 Å². The third-order valence-electron chi connectivity index (χ3n) is 3.75. The molecule has 0 aromatic rings. The predicted molar refractivity (Wildman–Crippen MR) is 85.1 cm³/mol. The highest BCUT2D eigenvalue weighted by Gasteiger charge is 2.26. The van der Waals surface area contributed by atoms with E-state index in [9.17, 15) is 9.59 Å². The van der Waals surface area contributed by atoms with Gasteiger partial charge in [-0.1, -0.05) is 47.0 Å². The molecule has 21 heavy (non-hydrogen) atoms. The maximum Gasteiger partial charge on any atom is 0.328 e. The Morgan fingerprint density at radius 1 is 1.05 bits per heavy atom. The Morgan fingerprint density at radius 2 is 1.67 bits per heavy atom. The van der Waals surface area contributed by atoms with Crippen LogP contribution in [0.2, 0.25) is 0 Å². The van der Waals surface area contributed by atoms with Gasteiger partial charge in [0.05, 0.1) is 7.11 Å². The molecule has 0 heterocycles. The zero-order chi connectivity index (χ0) is 16.4. The summed E-state index contributed by atoms with van der Waals surface area (Å²) in [5.41, 5.74) is 0. The van der Waals surface area contributed by atoms with Gasteiger partial charge >= 0.3 is 12.0 Å². The molecular weight excluding hydrogens is 268 g/mol. The van der Waals surface area contributed by atoms with E-state index in [1.54, 1.807) is 0 Å². The molecule has 0 saturated heterocycles. The molecule has 5 nitrogen and oxygen atoms in total. The fraction of sp³-hybridized carbons (Fsp3) is 0.875. The van der Waals surface area contributed by atoms with Gasteiger partial charge in [0.25, 0.3) is 0 Å². The molecule has 0 bridgehead atoms. The lowest BCUT2D eigenvalue weighted by atomic mass is 9.99. The van der Waals surface area contributed by atoms with Crippen molar-refractivity contribution in [3.63, 3.8) is 0 Å². The summed E-state index contributed by atoms with van der Waals surface area (Å²) in [5.74, 6) is 0.326. The zero-order valence-corrected chi connectivity index (χ0v) is 14.4. The Kier molecular flexibility index (Phi) is 9.84. The van der Waals surface area contributed by atoms with Gasteiger partial charge in [0.1, 0.15) is 6.04 Å². The molecule has 0 aliphatic heterocycles. The quantitative estimate of drug-likeness (QED) is 0.643. The van der Waals surface area contributed by atoms with E-state index in [4.69, 9.17) is 4.74 Å². The molecule has 0 radical (unpaired) electrons. The van der Waals surface area contributed by atoms with Crippen molar-refractivity contribution in [3.05, 3.63) is 0 Å². The lowest BCUT2D eigenvalue weighted by Crippen LogP contribution is -2.51. The molecule has 5 heteroatoms. The minimum absolute atomic E-state index is 0.0412. The summed E-state index contributed by atoms with van der Waals surface area (Å²) in [6.45, 7) is 10.3. The van der Waals surface area contributed by atoms with Crippen molar-refractivity contribution in [2.75, 3.05) is 7.11 Å². The van der Waals surface area contributed by atoms with Crippen LogP contribution in [0.15, 0.2) is 0 Å². The second kappa shape index (κ2) is 10.5. The fourth-order valence-electron chi connectivity index (χ4n) is 2.11. The van der Waals surface area contributed by atoms with E-state index < -0.39 is 12.0 Å². The van der Waals surface area contributed by atoms with Crippen LogP contribution in [0.4, 0.5) is 4.79 Å². The normalized spacial score (nSPS) is 15.2. The number of carbonyl (C=O) groups excluding carboxylic acids is 2. The van der Waals surface area contributed by atoms with E-state index in [2.05, 4.69) is 24.5 Å². The zero-order valence-electron chi connectivity index (χ0n) is 14.4. The van der Waals surface area contributed by atoms with Crippen LogP contribution in [0.3, 0.4) is 0 Å². The molecule has 0 aromatic heterocycles. The van der Waals surface area contributed by atoms with E-state index in [0.29, 0.717) is 5.92 Å². The summed E-state index contributed by atoms with van der Waals surface area (Å²) < 4.78 is 4.75. The number of hydrogen-bond acceptors (Lipinski definition) is 3. The monoisotopic (exact) mass is 300 g/mol. The first kappa shape index (κ1) is 19.7. The van der Waals surface area contributed by atoms with E-state index in [1.165, 1.54) is 7.11 Å². The van der Waals surface area contributed by atoms with Gasteiger partial charge in [-0.25, -0.2) is 9.59 Å². The van der Waals surface area contributed by atoms with Crippen molar-refractivity contribution >= 4 is 12.0 Å². The van der Waals surface area contributed by atoms with Crippen molar-refractivity contribution in [1.82, 2.24) is 10.6 Å². The van der Waals surface area contributed by atoms with Gasteiger partial charge in [0, 0.05) is 6.04 Å². The Bertz CT molecular complexity index is 319. The number of hydrogen-bond donors (Lipinski definition) is 2. The van der Waals surface area contributed by atoms with Gasteiger partial charge in [0.2, 0.25) is 0 Å². The first-order valence-corrected chi connectivity index (χ1v) is 7.96. The molecule has 0 unspecified atom stereocenters. The van der Waals surface area contributed by atoms with E-state index in [0.717, 1.165) is 25.7 Å². The molecule has 0 saturated carbocycles. The number of amides is 2. The highest BCUT2D eigenvalue weighted by Crippen LogP contribution is 2.10. The third kappa shape index (κ3) is 8.58. The first-order valence-electron chi connectivity index (χ1n) is 7.96.